The van der Waals surface area contributed by atoms with Crippen LogP contribution in [-0.4, -0.2) is 53.4 Å². The van der Waals surface area contributed by atoms with Gasteiger partial charge in [0.05, 0.1) is 23.5 Å². The second-order valence-corrected chi connectivity index (χ2v) is 12.4. The Hall–Kier alpha value is -2.13. The van der Waals surface area contributed by atoms with Crippen molar-refractivity contribution in [3.8, 4) is 0 Å². The first kappa shape index (κ1) is 27.5. The zero-order chi connectivity index (χ0) is 25.9. The van der Waals surface area contributed by atoms with Crippen LogP contribution in [0.2, 0.25) is 10.0 Å². The van der Waals surface area contributed by atoms with Gasteiger partial charge in [-0.3, -0.25) is 9.59 Å². The highest BCUT2D eigenvalue weighted by Gasteiger charge is 2.47. The number of ether oxygens (including phenoxy) is 1. The van der Waals surface area contributed by atoms with E-state index in [4.69, 9.17) is 27.9 Å². The molecular weight excluding hydrogens is 513 g/mol. The van der Waals surface area contributed by atoms with Crippen LogP contribution >= 0.6 is 23.2 Å². The summed E-state index contributed by atoms with van der Waals surface area (Å²) in [6.07, 6.45) is -2.26. The number of sulfone groups is 1. The van der Waals surface area contributed by atoms with E-state index in [2.05, 4.69) is 0 Å². The Labute approximate surface area is 215 Å². The van der Waals surface area contributed by atoms with Gasteiger partial charge in [0.1, 0.15) is 12.2 Å². The number of carbonyl (C=O) groups is 2. The van der Waals surface area contributed by atoms with Crippen LogP contribution in [-0.2, 0) is 24.2 Å². The lowest BCUT2D eigenvalue weighted by atomic mass is 9.89. The van der Waals surface area contributed by atoms with Crippen molar-refractivity contribution in [1.29, 1.82) is 0 Å². The summed E-state index contributed by atoms with van der Waals surface area (Å²) in [6.45, 7) is 5.01. The van der Waals surface area contributed by atoms with Gasteiger partial charge in [-0.1, -0.05) is 54.4 Å². The fourth-order valence-electron chi connectivity index (χ4n) is 4.26. The molecule has 0 bridgehead atoms. The van der Waals surface area contributed by atoms with E-state index < -0.39 is 57.7 Å². The van der Waals surface area contributed by atoms with Crippen LogP contribution < -0.4 is 0 Å². The van der Waals surface area contributed by atoms with Gasteiger partial charge < -0.3 is 14.7 Å². The van der Waals surface area contributed by atoms with Crippen molar-refractivity contribution in [2.75, 3.05) is 5.75 Å². The monoisotopic (exact) mass is 541 g/mol. The minimum atomic E-state index is -3.52. The maximum absolute atomic E-state index is 13.7. The third-order valence-electron chi connectivity index (χ3n) is 6.18. The summed E-state index contributed by atoms with van der Waals surface area (Å²) in [7, 11) is -3.52. The number of carboxylic acids is 1. The van der Waals surface area contributed by atoms with Crippen LogP contribution in [0.4, 0.5) is 0 Å². The molecule has 2 aromatic carbocycles. The maximum Gasteiger partial charge on any atom is 0.306 e. The van der Waals surface area contributed by atoms with Gasteiger partial charge in [0.2, 0.25) is 0 Å². The number of aliphatic carboxylic acids is 1. The second-order valence-electron chi connectivity index (χ2n) is 8.88. The molecule has 2 aromatic rings. The molecule has 190 valence electrons. The van der Waals surface area contributed by atoms with Crippen LogP contribution in [0.3, 0.4) is 0 Å². The zero-order valence-corrected chi connectivity index (χ0v) is 22.1. The lowest BCUT2D eigenvalue weighted by Gasteiger charge is -2.48. The number of hydrogen-bond acceptors (Lipinski definition) is 5. The fraction of sp³-hybridized carbons (Fsp3) is 0.440. The SMILES string of the molecule is CC[C@@H](CS(=O)(=O)C(C)C)N1C(=O)[C@H](CC(=O)O)O[C@H](c2cccc(Cl)c2)C1c1ccc(Cl)cc1. The summed E-state index contributed by atoms with van der Waals surface area (Å²) in [6, 6.07) is 12.4. The summed E-state index contributed by atoms with van der Waals surface area (Å²) >= 11 is 12.4. The lowest BCUT2D eigenvalue weighted by molar-refractivity contribution is -0.182. The van der Waals surface area contributed by atoms with Crippen molar-refractivity contribution in [2.45, 2.75) is 63.2 Å². The van der Waals surface area contributed by atoms with Gasteiger partial charge in [0, 0.05) is 16.1 Å². The second kappa shape index (κ2) is 11.3. The highest BCUT2D eigenvalue weighted by Crippen LogP contribution is 2.44. The average molecular weight is 542 g/mol. The number of hydrogen-bond donors (Lipinski definition) is 1. The Kier molecular flexibility index (Phi) is 8.86. The summed E-state index contributed by atoms with van der Waals surface area (Å²) in [4.78, 5) is 26.8. The van der Waals surface area contributed by atoms with E-state index in [1.165, 1.54) is 4.90 Å². The molecule has 1 heterocycles. The van der Waals surface area contributed by atoms with Crippen LogP contribution in [0.5, 0.6) is 0 Å². The van der Waals surface area contributed by atoms with Crippen molar-refractivity contribution < 1.29 is 27.9 Å². The third kappa shape index (κ3) is 6.36. The van der Waals surface area contributed by atoms with Gasteiger partial charge in [0.15, 0.2) is 9.84 Å². The number of halogens is 2. The molecular formula is C25H29Cl2NO6S. The van der Waals surface area contributed by atoms with Gasteiger partial charge >= 0.3 is 5.97 Å². The van der Waals surface area contributed by atoms with Crippen LogP contribution in [0.15, 0.2) is 48.5 Å². The van der Waals surface area contributed by atoms with Crippen LogP contribution in [0, 0.1) is 0 Å². The maximum atomic E-state index is 13.7. The van der Waals surface area contributed by atoms with E-state index in [9.17, 15) is 23.1 Å². The molecule has 0 spiro atoms. The van der Waals surface area contributed by atoms with E-state index >= 15 is 0 Å². The third-order valence-corrected chi connectivity index (χ3v) is 8.96. The Bertz CT molecular complexity index is 1170. The van der Waals surface area contributed by atoms with Gasteiger partial charge in [-0.15, -0.1) is 0 Å². The molecule has 4 atom stereocenters. The first-order valence-corrected chi connectivity index (χ1v) is 13.8. The van der Waals surface area contributed by atoms with Crippen molar-refractivity contribution in [3.63, 3.8) is 0 Å². The number of carboxylic acid groups (broad SMARTS) is 1. The molecule has 0 aromatic heterocycles. The quantitative estimate of drug-likeness (QED) is 0.475. The molecule has 7 nitrogen and oxygen atoms in total. The number of benzene rings is 2. The molecule has 1 N–H and O–H groups in total. The predicted octanol–water partition coefficient (Wildman–Crippen LogP) is 5.08. The topological polar surface area (TPSA) is 101 Å². The molecule has 1 unspecified atom stereocenters. The Balaban J connectivity index is 2.21. The molecule has 0 aliphatic carbocycles. The first-order chi connectivity index (χ1) is 16.4. The fourth-order valence-corrected chi connectivity index (χ4v) is 5.90. The molecule has 10 heteroatoms. The Morgan fingerprint density at radius 3 is 2.29 bits per heavy atom. The molecule has 35 heavy (non-hydrogen) atoms. The highest BCUT2D eigenvalue weighted by atomic mass is 35.5. The molecule has 1 saturated heterocycles. The molecule has 0 saturated carbocycles. The van der Waals surface area contributed by atoms with E-state index in [0.29, 0.717) is 27.6 Å². The average Bonchev–Trinajstić information content (AvgIpc) is 2.79. The minimum absolute atomic E-state index is 0.251. The van der Waals surface area contributed by atoms with E-state index in [0.717, 1.165) is 0 Å². The number of carbonyl (C=O) groups excluding carboxylic acids is 1. The molecule has 3 rings (SSSR count). The summed E-state index contributed by atoms with van der Waals surface area (Å²) in [5.74, 6) is -2.00. The molecule has 1 aliphatic rings. The Morgan fingerprint density at radius 2 is 1.74 bits per heavy atom. The van der Waals surface area contributed by atoms with Gasteiger partial charge in [-0.25, -0.2) is 8.42 Å². The number of amides is 1. The standard InChI is InChI=1S/C25H29Cl2NO6S/c1-4-20(14-35(32,33)15(2)3)28-23(16-8-10-18(26)11-9-16)24(17-6-5-7-19(27)12-17)34-21(25(28)31)13-22(29)30/h5-12,15,20-21,23-24H,4,13-14H2,1-3H3,(H,29,30)/t20-,21-,23?,24+/m0/s1. The highest BCUT2D eigenvalue weighted by molar-refractivity contribution is 7.92. The number of rotatable bonds is 9. The summed E-state index contributed by atoms with van der Waals surface area (Å²) < 4.78 is 31.9. The zero-order valence-electron chi connectivity index (χ0n) is 19.7. The van der Waals surface area contributed by atoms with E-state index in [1.54, 1.807) is 62.4 Å². The van der Waals surface area contributed by atoms with Crippen molar-refractivity contribution >= 4 is 44.9 Å². The molecule has 1 fully saturated rings. The lowest BCUT2D eigenvalue weighted by Crippen LogP contribution is -2.56. The van der Waals surface area contributed by atoms with Gasteiger partial charge in [-0.2, -0.15) is 0 Å². The largest absolute Gasteiger partial charge is 0.481 e. The van der Waals surface area contributed by atoms with E-state index in [-0.39, 0.29) is 5.75 Å². The first-order valence-electron chi connectivity index (χ1n) is 11.4. The van der Waals surface area contributed by atoms with E-state index in [1.807, 2.05) is 6.92 Å². The van der Waals surface area contributed by atoms with Crippen molar-refractivity contribution in [3.05, 3.63) is 69.7 Å². The molecule has 0 radical (unpaired) electrons. The number of nitrogens with zero attached hydrogens (tertiary/aromatic N) is 1. The molecule has 1 aliphatic heterocycles. The predicted molar refractivity (Wildman–Crippen MR) is 135 cm³/mol. The van der Waals surface area contributed by atoms with Crippen molar-refractivity contribution in [2.24, 2.45) is 0 Å². The number of morpholine rings is 1. The minimum Gasteiger partial charge on any atom is -0.481 e. The van der Waals surface area contributed by atoms with Crippen LogP contribution in [0.25, 0.3) is 0 Å². The summed E-state index contributed by atoms with van der Waals surface area (Å²) in [5, 5.41) is 9.79. The Morgan fingerprint density at radius 1 is 1.09 bits per heavy atom. The van der Waals surface area contributed by atoms with Gasteiger partial charge in [-0.05, 0) is 55.7 Å². The van der Waals surface area contributed by atoms with Gasteiger partial charge in [0.25, 0.3) is 5.91 Å². The summed E-state index contributed by atoms with van der Waals surface area (Å²) in [5.41, 5.74) is 1.33. The normalized spacial score (nSPS) is 21.8. The van der Waals surface area contributed by atoms with Crippen molar-refractivity contribution in [1.82, 2.24) is 4.90 Å². The van der Waals surface area contributed by atoms with Crippen LogP contribution in [0.1, 0.15) is 56.9 Å². The molecule has 1 amide bonds. The smallest absolute Gasteiger partial charge is 0.306 e.